The second-order valence-corrected chi connectivity index (χ2v) is 4.61. The van der Waals surface area contributed by atoms with E-state index >= 15 is 0 Å². The summed E-state index contributed by atoms with van der Waals surface area (Å²) >= 11 is 3.25. The minimum atomic E-state index is -0.245. The van der Waals surface area contributed by atoms with Gasteiger partial charge in [0.25, 0.3) is 5.91 Å². The van der Waals surface area contributed by atoms with E-state index in [1.54, 1.807) is 49.7 Å². The Labute approximate surface area is 125 Å². The van der Waals surface area contributed by atoms with Crippen LogP contribution >= 0.6 is 15.9 Å². The molecule has 0 saturated heterocycles. The van der Waals surface area contributed by atoms with Gasteiger partial charge < -0.3 is 14.8 Å². The van der Waals surface area contributed by atoms with Crippen molar-refractivity contribution in [2.24, 2.45) is 0 Å². The Morgan fingerprint density at radius 1 is 1.30 bits per heavy atom. The predicted molar refractivity (Wildman–Crippen MR) is 79.1 cm³/mol. The van der Waals surface area contributed by atoms with E-state index in [1.807, 2.05) is 0 Å². The monoisotopic (exact) mass is 336 g/mol. The molecule has 20 heavy (non-hydrogen) atoms. The highest BCUT2D eigenvalue weighted by Gasteiger charge is 2.06. The summed E-state index contributed by atoms with van der Waals surface area (Å²) in [6, 6.07) is 10.5. The predicted octanol–water partition coefficient (Wildman–Crippen LogP) is 2.87. The van der Waals surface area contributed by atoms with Crippen LogP contribution in [-0.2, 0) is 4.79 Å². The number of benzene rings is 1. The number of carbonyl (C=O) groups excluding carboxylic acids is 1. The number of methoxy groups -OCH3 is 1. The maximum atomic E-state index is 11.7. The van der Waals surface area contributed by atoms with Gasteiger partial charge in [-0.25, -0.2) is 4.98 Å². The SMILES string of the molecule is COc1ccc(NC(=O)COc2cccnc2Br)cc1. The smallest absolute Gasteiger partial charge is 0.262 e. The normalized spacial score (nSPS) is 9.90. The van der Waals surface area contributed by atoms with Gasteiger partial charge in [-0.05, 0) is 52.3 Å². The summed E-state index contributed by atoms with van der Waals surface area (Å²) in [6.45, 7) is -0.0870. The first kappa shape index (κ1) is 14.3. The van der Waals surface area contributed by atoms with Crippen molar-refractivity contribution < 1.29 is 14.3 Å². The van der Waals surface area contributed by atoms with Gasteiger partial charge in [-0.2, -0.15) is 0 Å². The zero-order valence-corrected chi connectivity index (χ0v) is 12.4. The van der Waals surface area contributed by atoms with Crippen LogP contribution in [0.3, 0.4) is 0 Å². The number of anilines is 1. The number of rotatable bonds is 5. The molecule has 2 rings (SSSR count). The van der Waals surface area contributed by atoms with E-state index in [2.05, 4.69) is 26.2 Å². The van der Waals surface area contributed by atoms with E-state index in [0.29, 0.717) is 16.0 Å². The Balaban J connectivity index is 1.87. The third kappa shape index (κ3) is 3.96. The second-order valence-electron chi connectivity index (χ2n) is 3.86. The summed E-state index contributed by atoms with van der Waals surface area (Å²) in [5, 5.41) is 2.73. The molecule has 1 N–H and O–H groups in total. The summed E-state index contributed by atoms with van der Waals surface area (Å²) in [5.74, 6) is 1.02. The molecule has 0 unspecified atom stereocenters. The molecule has 0 spiro atoms. The Bertz CT molecular complexity index is 587. The van der Waals surface area contributed by atoms with Gasteiger partial charge in [0.2, 0.25) is 0 Å². The molecule has 0 fully saturated rings. The number of aromatic nitrogens is 1. The van der Waals surface area contributed by atoms with Gasteiger partial charge in [-0.1, -0.05) is 0 Å². The van der Waals surface area contributed by atoms with Crippen molar-refractivity contribution in [1.82, 2.24) is 4.98 Å². The van der Waals surface area contributed by atoms with Gasteiger partial charge in [-0.3, -0.25) is 4.79 Å². The van der Waals surface area contributed by atoms with Gasteiger partial charge in [0.05, 0.1) is 7.11 Å². The highest BCUT2D eigenvalue weighted by Crippen LogP contribution is 2.21. The van der Waals surface area contributed by atoms with Gasteiger partial charge >= 0.3 is 0 Å². The van der Waals surface area contributed by atoms with Crippen LogP contribution in [0.4, 0.5) is 5.69 Å². The quantitative estimate of drug-likeness (QED) is 0.853. The average molecular weight is 337 g/mol. The number of pyridine rings is 1. The lowest BCUT2D eigenvalue weighted by molar-refractivity contribution is -0.118. The van der Waals surface area contributed by atoms with Crippen molar-refractivity contribution in [2.75, 3.05) is 19.0 Å². The molecule has 1 heterocycles. The van der Waals surface area contributed by atoms with Crippen LogP contribution < -0.4 is 14.8 Å². The number of hydrogen-bond donors (Lipinski definition) is 1. The Morgan fingerprint density at radius 2 is 2.05 bits per heavy atom. The van der Waals surface area contributed by atoms with Crippen LogP contribution in [0.1, 0.15) is 0 Å². The van der Waals surface area contributed by atoms with Crippen molar-refractivity contribution >= 4 is 27.5 Å². The van der Waals surface area contributed by atoms with Gasteiger partial charge in [0.15, 0.2) is 12.4 Å². The Morgan fingerprint density at radius 3 is 2.70 bits per heavy atom. The average Bonchev–Trinajstić information content (AvgIpc) is 2.47. The molecule has 1 amide bonds. The lowest BCUT2D eigenvalue weighted by Gasteiger charge is -2.08. The van der Waals surface area contributed by atoms with Crippen molar-refractivity contribution in [1.29, 1.82) is 0 Å². The molecule has 1 aromatic carbocycles. The van der Waals surface area contributed by atoms with Crippen LogP contribution in [0.15, 0.2) is 47.2 Å². The lowest BCUT2D eigenvalue weighted by atomic mass is 10.3. The summed E-state index contributed by atoms with van der Waals surface area (Å²) < 4.78 is 11.0. The Hall–Kier alpha value is -2.08. The van der Waals surface area contributed by atoms with E-state index in [0.717, 1.165) is 5.75 Å². The molecule has 0 aliphatic rings. The number of nitrogens with one attached hydrogen (secondary N) is 1. The van der Waals surface area contributed by atoms with E-state index in [-0.39, 0.29) is 12.5 Å². The number of hydrogen-bond acceptors (Lipinski definition) is 4. The molecule has 0 aliphatic carbocycles. The molecule has 1 aromatic heterocycles. The number of ether oxygens (including phenoxy) is 2. The summed E-state index contributed by atoms with van der Waals surface area (Å²) in [6.07, 6.45) is 1.63. The highest BCUT2D eigenvalue weighted by atomic mass is 79.9. The number of nitrogens with zero attached hydrogens (tertiary/aromatic N) is 1. The first-order chi connectivity index (χ1) is 9.69. The van der Waals surface area contributed by atoms with Crippen LogP contribution in [0.2, 0.25) is 0 Å². The third-order valence-electron chi connectivity index (χ3n) is 2.46. The van der Waals surface area contributed by atoms with Crippen LogP contribution in [-0.4, -0.2) is 24.6 Å². The standard InChI is InChI=1S/C14H13BrN2O3/c1-19-11-6-4-10(5-7-11)17-13(18)9-20-12-3-2-8-16-14(12)15/h2-8H,9H2,1H3,(H,17,18). The van der Waals surface area contributed by atoms with E-state index in [1.165, 1.54) is 0 Å². The van der Waals surface area contributed by atoms with Crippen molar-refractivity contribution in [3.63, 3.8) is 0 Å². The first-order valence-electron chi connectivity index (χ1n) is 5.86. The Kier molecular flexibility index (Phi) is 4.95. The van der Waals surface area contributed by atoms with Crippen molar-refractivity contribution in [3.05, 3.63) is 47.2 Å². The van der Waals surface area contributed by atoms with Gasteiger partial charge in [0, 0.05) is 11.9 Å². The minimum Gasteiger partial charge on any atom is -0.497 e. The van der Waals surface area contributed by atoms with E-state index < -0.39 is 0 Å². The molecule has 0 radical (unpaired) electrons. The molecular weight excluding hydrogens is 324 g/mol. The fraction of sp³-hybridized carbons (Fsp3) is 0.143. The fourth-order valence-electron chi connectivity index (χ4n) is 1.49. The highest BCUT2D eigenvalue weighted by molar-refractivity contribution is 9.10. The number of halogens is 1. The largest absolute Gasteiger partial charge is 0.497 e. The molecule has 104 valence electrons. The third-order valence-corrected chi connectivity index (χ3v) is 3.05. The van der Waals surface area contributed by atoms with Crippen LogP contribution in [0.25, 0.3) is 0 Å². The zero-order valence-electron chi connectivity index (χ0n) is 10.8. The minimum absolute atomic E-state index is 0.0870. The molecule has 0 atom stereocenters. The number of amides is 1. The molecule has 6 heteroatoms. The van der Waals surface area contributed by atoms with Crippen LogP contribution in [0, 0.1) is 0 Å². The van der Waals surface area contributed by atoms with Gasteiger partial charge in [-0.15, -0.1) is 0 Å². The van der Waals surface area contributed by atoms with Crippen molar-refractivity contribution in [2.45, 2.75) is 0 Å². The topological polar surface area (TPSA) is 60.5 Å². The molecule has 0 bridgehead atoms. The first-order valence-corrected chi connectivity index (χ1v) is 6.65. The van der Waals surface area contributed by atoms with Crippen molar-refractivity contribution in [3.8, 4) is 11.5 Å². The molecular formula is C14H13BrN2O3. The number of carbonyl (C=O) groups is 1. The second kappa shape index (κ2) is 6.91. The summed E-state index contributed by atoms with van der Waals surface area (Å²) in [4.78, 5) is 15.8. The maximum Gasteiger partial charge on any atom is 0.262 e. The molecule has 0 aliphatic heterocycles. The zero-order chi connectivity index (χ0) is 14.4. The van der Waals surface area contributed by atoms with E-state index in [9.17, 15) is 4.79 Å². The fourth-order valence-corrected chi connectivity index (χ4v) is 1.86. The maximum absolute atomic E-state index is 11.7. The lowest BCUT2D eigenvalue weighted by Crippen LogP contribution is -2.20. The summed E-state index contributed by atoms with van der Waals surface area (Å²) in [7, 11) is 1.59. The molecule has 5 nitrogen and oxygen atoms in total. The van der Waals surface area contributed by atoms with Gasteiger partial charge in [0.1, 0.15) is 10.4 Å². The molecule has 0 saturated carbocycles. The summed E-state index contributed by atoms with van der Waals surface area (Å²) in [5.41, 5.74) is 0.685. The van der Waals surface area contributed by atoms with Crippen LogP contribution in [0.5, 0.6) is 11.5 Å². The van der Waals surface area contributed by atoms with E-state index in [4.69, 9.17) is 9.47 Å². The molecule has 2 aromatic rings.